The van der Waals surface area contributed by atoms with Gasteiger partial charge in [0.2, 0.25) is 0 Å². The van der Waals surface area contributed by atoms with Gasteiger partial charge in [-0.1, -0.05) is 43.7 Å². The number of hydrogen-bond donors (Lipinski definition) is 0. The zero-order valence-corrected chi connectivity index (χ0v) is 11.7. The molecule has 0 bridgehead atoms. The Hall–Kier alpha value is -2.62. The fourth-order valence-electron chi connectivity index (χ4n) is 1.84. The van der Waals surface area contributed by atoms with Gasteiger partial charge in [-0.15, -0.1) is 0 Å². The molecule has 0 saturated carbocycles. The van der Waals surface area contributed by atoms with E-state index in [4.69, 9.17) is 0 Å². The number of rotatable bonds is 4. The van der Waals surface area contributed by atoms with E-state index in [9.17, 15) is 9.59 Å². The summed E-state index contributed by atoms with van der Waals surface area (Å²) in [6, 6.07) is 15.4. The third-order valence-corrected chi connectivity index (χ3v) is 2.93. The maximum atomic E-state index is 11.8. The number of carbonyl (C=O) groups excluding carboxylic acids is 2. The van der Waals surface area contributed by atoms with Crippen LogP contribution in [0.5, 0.6) is 0 Å². The van der Waals surface area contributed by atoms with Gasteiger partial charge in [-0.05, 0) is 36.2 Å². The number of benzene rings is 2. The molecule has 0 aliphatic heterocycles. The standard InChI is InChI=1S/C17H16O4/c1-2-6-13-9-11-15(12-10-13)17(19)21-20-16(18)14-7-4-3-5-8-14/h3-5,7-12H,2,6H2,1H3. The van der Waals surface area contributed by atoms with Gasteiger partial charge in [0.05, 0.1) is 11.1 Å². The summed E-state index contributed by atoms with van der Waals surface area (Å²) in [5, 5.41) is 0. The largest absolute Gasteiger partial charge is 0.386 e. The molecule has 0 saturated heterocycles. The van der Waals surface area contributed by atoms with Crippen molar-refractivity contribution in [2.24, 2.45) is 0 Å². The number of aryl methyl sites for hydroxylation is 1. The molecule has 0 unspecified atom stereocenters. The lowest BCUT2D eigenvalue weighted by Gasteiger charge is -2.04. The van der Waals surface area contributed by atoms with Crippen LogP contribution < -0.4 is 0 Å². The number of carbonyl (C=O) groups is 2. The molecule has 2 aromatic carbocycles. The summed E-state index contributed by atoms with van der Waals surface area (Å²) in [7, 11) is 0. The molecule has 2 aromatic rings. The average Bonchev–Trinajstić information content (AvgIpc) is 2.54. The van der Waals surface area contributed by atoms with Crippen molar-refractivity contribution in [3.05, 3.63) is 71.3 Å². The van der Waals surface area contributed by atoms with Gasteiger partial charge in [0, 0.05) is 0 Å². The Morgan fingerprint density at radius 1 is 0.810 bits per heavy atom. The summed E-state index contributed by atoms with van der Waals surface area (Å²) in [4.78, 5) is 32.5. The second-order valence-corrected chi connectivity index (χ2v) is 4.55. The highest BCUT2D eigenvalue weighted by Gasteiger charge is 2.13. The fraction of sp³-hybridized carbons (Fsp3) is 0.176. The zero-order valence-electron chi connectivity index (χ0n) is 11.7. The van der Waals surface area contributed by atoms with Crippen LogP contribution in [0.25, 0.3) is 0 Å². The molecule has 0 heterocycles. The van der Waals surface area contributed by atoms with Crippen LogP contribution in [-0.4, -0.2) is 11.9 Å². The first-order valence-corrected chi connectivity index (χ1v) is 6.78. The Bertz CT molecular complexity index is 602. The summed E-state index contributed by atoms with van der Waals surface area (Å²) >= 11 is 0. The molecule has 0 fully saturated rings. The summed E-state index contributed by atoms with van der Waals surface area (Å²) in [5.74, 6) is -1.39. The molecule has 4 heteroatoms. The van der Waals surface area contributed by atoms with E-state index in [-0.39, 0.29) is 0 Å². The normalized spacial score (nSPS) is 9.95. The lowest BCUT2D eigenvalue weighted by molar-refractivity contribution is -0.187. The SMILES string of the molecule is CCCc1ccc(C(=O)OOC(=O)c2ccccc2)cc1. The first-order valence-electron chi connectivity index (χ1n) is 6.78. The molecule has 2 rings (SSSR count). The van der Waals surface area contributed by atoms with Crippen molar-refractivity contribution in [3.63, 3.8) is 0 Å². The van der Waals surface area contributed by atoms with E-state index in [0.717, 1.165) is 18.4 Å². The van der Waals surface area contributed by atoms with Gasteiger partial charge in [0.1, 0.15) is 0 Å². The Morgan fingerprint density at radius 3 is 1.86 bits per heavy atom. The molecule has 21 heavy (non-hydrogen) atoms. The Labute approximate surface area is 123 Å². The van der Waals surface area contributed by atoms with Crippen molar-refractivity contribution >= 4 is 11.9 Å². The zero-order chi connectivity index (χ0) is 15.1. The predicted molar refractivity (Wildman–Crippen MR) is 77.7 cm³/mol. The summed E-state index contributed by atoms with van der Waals surface area (Å²) in [6.45, 7) is 2.09. The number of hydrogen-bond acceptors (Lipinski definition) is 4. The maximum absolute atomic E-state index is 11.8. The molecule has 0 aliphatic carbocycles. The smallest absolute Gasteiger partial charge is 0.242 e. The van der Waals surface area contributed by atoms with E-state index in [2.05, 4.69) is 16.7 Å². The first-order chi connectivity index (χ1) is 10.2. The molecule has 0 spiro atoms. The van der Waals surface area contributed by atoms with E-state index in [1.165, 1.54) is 0 Å². The van der Waals surface area contributed by atoms with Crippen LogP contribution in [0.4, 0.5) is 0 Å². The van der Waals surface area contributed by atoms with Crippen LogP contribution in [0.15, 0.2) is 54.6 Å². The second kappa shape index (κ2) is 7.24. The van der Waals surface area contributed by atoms with Gasteiger partial charge in [0.15, 0.2) is 0 Å². The predicted octanol–water partition coefficient (Wildman–Crippen LogP) is 3.57. The van der Waals surface area contributed by atoms with Gasteiger partial charge >= 0.3 is 11.9 Å². The minimum Gasteiger partial charge on any atom is -0.242 e. The first kappa shape index (κ1) is 14.8. The van der Waals surface area contributed by atoms with Crippen molar-refractivity contribution < 1.29 is 19.4 Å². The van der Waals surface area contributed by atoms with Crippen molar-refractivity contribution in [1.29, 1.82) is 0 Å². The summed E-state index contributed by atoms with van der Waals surface area (Å²) in [5.41, 5.74) is 1.81. The molecule has 0 N–H and O–H groups in total. The molecule has 0 aromatic heterocycles. The molecule has 108 valence electrons. The van der Waals surface area contributed by atoms with Crippen LogP contribution in [0, 0.1) is 0 Å². The molecular weight excluding hydrogens is 268 g/mol. The highest BCUT2D eigenvalue weighted by atomic mass is 17.2. The second-order valence-electron chi connectivity index (χ2n) is 4.55. The van der Waals surface area contributed by atoms with Crippen LogP contribution in [-0.2, 0) is 16.2 Å². The van der Waals surface area contributed by atoms with Gasteiger partial charge < -0.3 is 0 Å². The third-order valence-electron chi connectivity index (χ3n) is 2.93. The minimum absolute atomic E-state index is 0.323. The summed E-state index contributed by atoms with van der Waals surface area (Å²) in [6.07, 6.45) is 2.00. The van der Waals surface area contributed by atoms with Crippen molar-refractivity contribution in [2.45, 2.75) is 19.8 Å². The highest BCUT2D eigenvalue weighted by molar-refractivity contribution is 5.92. The van der Waals surface area contributed by atoms with Crippen molar-refractivity contribution in [2.75, 3.05) is 0 Å². The lowest BCUT2D eigenvalue weighted by Crippen LogP contribution is -2.11. The maximum Gasteiger partial charge on any atom is 0.386 e. The molecule has 0 amide bonds. The lowest BCUT2D eigenvalue weighted by atomic mass is 10.1. The van der Waals surface area contributed by atoms with Crippen molar-refractivity contribution in [1.82, 2.24) is 0 Å². The van der Waals surface area contributed by atoms with E-state index in [1.807, 2.05) is 12.1 Å². The van der Waals surface area contributed by atoms with E-state index in [1.54, 1.807) is 42.5 Å². The molecule has 0 radical (unpaired) electrons. The van der Waals surface area contributed by atoms with Gasteiger partial charge in [-0.25, -0.2) is 19.4 Å². The van der Waals surface area contributed by atoms with Gasteiger partial charge in [-0.2, -0.15) is 0 Å². The van der Waals surface area contributed by atoms with E-state index >= 15 is 0 Å². The minimum atomic E-state index is -0.702. The average molecular weight is 284 g/mol. The van der Waals surface area contributed by atoms with Crippen molar-refractivity contribution in [3.8, 4) is 0 Å². The molecule has 0 aliphatic rings. The molecule has 4 nitrogen and oxygen atoms in total. The van der Waals surface area contributed by atoms with Crippen LogP contribution in [0.3, 0.4) is 0 Å². The highest BCUT2D eigenvalue weighted by Crippen LogP contribution is 2.09. The van der Waals surface area contributed by atoms with Crippen LogP contribution >= 0.6 is 0 Å². The van der Waals surface area contributed by atoms with E-state index < -0.39 is 11.9 Å². The van der Waals surface area contributed by atoms with Crippen LogP contribution in [0.1, 0.15) is 39.6 Å². The quantitative estimate of drug-likeness (QED) is 0.636. The summed E-state index contributed by atoms with van der Waals surface area (Å²) < 4.78 is 0. The monoisotopic (exact) mass is 284 g/mol. The van der Waals surface area contributed by atoms with E-state index in [0.29, 0.717) is 11.1 Å². The molecule has 0 atom stereocenters. The fourth-order valence-corrected chi connectivity index (χ4v) is 1.84. The Balaban J connectivity index is 1.91. The third kappa shape index (κ3) is 4.18. The Kier molecular flexibility index (Phi) is 5.10. The Morgan fingerprint density at radius 2 is 1.33 bits per heavy atom. The molecular formula is C17H16O4. The van der Waals surface area contributed by atoms with Crippen LogP contribution in [0.2, 0.25) is 0 Å². The topological polar surface area (TPSA) is 52.6 Å². The van der Waals surface area contributed by atoms with Gasteiger partial charge in [-0.3, -0.25) is 0 Å². The van der Waals surface area contributed by atoms with Gasteiger partial charge in [0.25, 0.3) is 0 Å².